The Bertz CT molecular complexity index is 609. The standard InChI is InChI=1S/C12H15NO7S/c1-9(14)20-12(8-19-21(2,17)18)7-10-3-5-11(6-4-10)13(15)16/h3-6,12H,7-8H2,1-2H3. The van der Waals surface area contributed by atoms with Crippen LogP contribution in [-0.4, -0.2) is 38.3 Å². The van der Waals surface area contributed by atoms with Gasteiger partial charge in [-0.05, 0) is 5.56 Å². The van der Waals surface area contributed by atoms with E-state index in [1.54, 1.807) is 0 Å². The number of rotatable bonds is 7. The molecule has 0 aliphatic carbocycles. The molecule has 0 heterocycles. The fraction of sp³-hybridized carbons (Fsp3) is 0.417. The first-order chi connectivity index (χ1) is 9.67. The van der Waals surface area contributed by atoms with Gasteiger partial charge in [0.05, 0.1) is 11.2 Å². The molecule has 1 rings (SSSR count). The normalized spacial score (nSPS) is 12.7. The lowest BCUT2D eigenvalue weighted by atomic mass is 10.1. The van der Waals surface area contributed by atoms with Crippen LogP contribution >= 0.6 is 0 Å². The second-order valence-electron chi connectivity index (χ2n) is 4.35. The van der Waals surface area contributed by atoms with Crippen molar-refractivity contribution in [1.82, 2.24) is 0 Å². The first-order valence-corrected chi connectivity index (χ1v) is 7.74. The van der Waals surface area contributed by atoms with Crippen LogP contribution < -0.4 is 0 Å². The number of nitrogens with zero attached hydrogens (tertiary/aromatic N) is 1. The lowest BCUT2D eigenvalue weighted by Crippen LogP contribution is -2.26. The Morgan fingerprint density at radius 3 is 2.33 bits per heavy atom. The van der Waals surface area contributed by atoms with Gasteiger partial charge >= 0.3 is 5.97 Å². The number of esters is 1. The highest BCUT2D eigenvalue weighted by molar-refractivity contribution is 7.85. The number of carbonyl (C=O) groups is 1. The van der Waals surface area contributed by atoms with Gasteiger partial charge in [0.25, 0.3) is 15.8 Å². The van der Waals surface area contributed by atoms with Crippen LogP contribution in [0.5, 0.6) is 0 Å². The molecule has 0 saturated carbocycles. The van der Waals surface area contributed by atoms with Crippen LogP contribution in [0.25, 0.3) is 0 Å². The molecule has 21 heavy (non-hydrogen) atoms. The predicted octanol–water partition coefficient (Wildman–Crippen LogP) is 1.05. The lowest BCUT2D eigenvalue weighted by molar-refractivity contribution is -0.384. The van der Waals surface area contributed by atoms with E-state index in [0.717, 1.165) is 6.26 Å². The second kappa shape index (κ2) is 7.14. The molecule has 0 spiro atoms. The summed E-state index contributed by atoms with van der Waals surface area (Å²) in [6.07, 6.45) is 0.287. The number of non-ortho nitro benzene ring substituents is 1. The van der Waals surface area contributed by atoms with Crippen molar-refractivity contribution in [2.24, 2.45) is 0 Å². The number of ether oxygens (including phenoxy) is 1. The van der Waals surface area contributed by atoms with Gasteiger partial charge in [-0.3, -0.25) is 19.1 Å². The van der Waals surface area contributed by atoms with E-state index >= 15 is 0 Å². The highest BCUT2D eigenvalue weighted by Gasteiger charge is 2.17. The highest BCUT2D eigenvalue weighted by Crippen LogP contribution is 2.14. The van der Waals surface area contributed by atoms with Gasteiger partial charge in [-0.2, -0.15) is 8.42 Å². The Kier molecular flexibility index (Phi) is 5.79. The van der Waals surface area contributed by atoms with Gasteiger partial charge in [0.15, 0.2) is 0 Å². The van der Waals surface area contributed by atoms with Crippen molar-refractivity contribution in [2.45, 2.75) is 19.4 Å². The molecule has 0 bridgehead atoms. The molecule has 0 aliphatic heterocycles. The number of nitro benzene ring substituents is 1. The molecule has 1 atom stereocenters. The van der Waals surface area contributed by atoms with Crippen molar-refractivity contribution >= 4 is 21.8 Å². The third-order valence-electron chi connectivity index (χ3n) is 2.41. The molecule has 0 fully saturated rings. The van der Waals surface area contributed by atoms with Crippen molar-refractivity contribution < 1.29 is 27.1 Å². The molecule has 116 valence electrons. The number of hydrogen-bond donors (Lipinski definition) is 0. The van der Waals surface area contributed by atoms with Gasteiger partial charge in [0.2, 0.25) is 0 Å². The Morgan fingerprint density at radius 1 is 1.33 bits per heavy atom. The minimum Gasteiger partial charge on any atom is -0.460 e. The molecular weight excluding hydrogens is 302 g/mol. The van der Waals surface area contributed by atoms with Crippen molar-refractivity contribution in [1.29, 1.82) is 0 Å². The minimum absolute atomic E-state index is 0.0600. The summed E-state index contributed by atoms with van der Waals surface area (Å²) in [5.74, 6) is -0.570. The van der Waals surface area contributed by atoms with E-state index in [1.165, 1.54) is 31.2 Å². The van der Waals surface area contributed by atoms with Gasteiger partial charge in [-0.15, -0.1) is 0 Å². The van der Waals surface area contributed by atoms with Gasteiger partial charge in [-0.1, -0.05) is 12.1 Å². The molecular formula is C12H15NO7S. The summed E-state index contributed by atoms with van der Waals surface area (Å²) < 4.78 is 31.5. The zero-order valence-corrected chi connectivity index (χ0v) is 12.3. The van der Waals surface area contributed by atoms with E-state index in [-0.39, 0.29) is 18.7 Å². The highest BCUT2D eigenvalue weighted by atomic mass is 32.2. The van der Waals surface area contributed by atoms with Crippen LogP contribution in [0.1, 0.15) is 12.5 Å². The zero-order valence-electron chi connectivity index (χ0n) is 11.5. The van der Waals surface area contributed by atoms with Crippen molar-refractivity contribution in [3.63, 3.8) is 0 Å². The van der Waals surface area contributed by atoms with Gasteiger partial charge in [0, 0.05) is 25.5 Å². The summed E-state index contributed by atoms with van der Waals surface area (Å²) in [5.41, 5.74) is 0.596. The maximum absolute atomic E-state index is 11.0. The van der Waals surface area contributed by atoms with E-state index in [9.17, 15) is 23.3 Å². The number of benzene rings is 1. The summed E-state index contributed by atoms with van der Waals surface area (Å²) in [7, 11) is -3.65. The van der Waals surface area contributed by atoms with Crippen LogP contribution in [0.3, 0.4) is 0 Å². The topological polar surface area (TPSA) is 113 Å². The molecule has 0 saturated heterocycles. The molecule has 0 aromatic heterocycles. The second-order valence-corrected chi connectivity index (χ2v) is 5.99. The molecule has 8 nitrogen and oxygen atoms in total. The van der Waals surface area contributed by atoms with Crippen LogP contribution in [0, 0.1) is 10.1 Å². The van der Waals surface area contributed by atoms with E-state index in [0.29, 0.717) is 5.56 Å². The average molecular weight is 317 g/mol. The van der Waals surface area contributed by atoms with Gasteiger partial charge in [0.1, 0.15) is 12.7 Å². The molecule has 0 aliphatic rings. The molecule has 0 N–H and O–H groups in total. The Balaban J connectivity index is 2.75. The van der Waals surface area contributed by atoms with Crippen molar-refractivity contribution in [2.75, 3.05) is 12.9 Å². The summed E-state index contributed by atoms with van der Waals surface area (Å²) in [4.78, 5) is 21.0. The van der Waals surface area contributed by atoms with Crippen LogP contribution in [-0.2, 0) is 30.3 Å². The van der Waals surface area contributed by atoms with E-state index < -0.39 is 27.1 Å². The van der Waals surface area contributed by atoms with E-state index in [4.69, 9.17) is 4.74 Å². The number of hydrogen-bond acceptors (Lipinski definition) is 7. The molecule has 1 aromatic carbocycles. The maximum atomic E-state index is 11.0. The fourth-order valence-electron chi connectivity index (χ4n) is 1.59. The first kappa shape index (κ1) is 17.1. The number of carbonyl (C=O) groups excluding carboxylic acids is 1. The Morgan fingerprint density at radius 2 is 1.90 bits per heavy atom. The molecule has 1 aromatic rings. The predicted molar refractivity (Wildman–Crippen MR) is 73.2 cm³/mol. The number of nitro groups is 1. The maximum Gasteiger partial charge on any atom is 0.302 e. The summed E-state index contributed by atoms with van der Waals surface area (Å²) in [6.45, 7) is 0.888. The van der Waals surface area contributed by atoms with E-state index in [1.807, 2.05) is 0 Å². The average Bonchev–Trinajstić information content (AvgIpc) is 2.35. The lowest BCUT2D eigenvalue weighted by Gasteiger charge is -2.16. The fourth-order valence-corrected chi connectivity index (χ4v) is 1.98. The quantitative estimate of drug-likeness (QED) is 0.319. The SMILES string of the molecule is CC(=O)OC(COS(C)(=O)=O)Cc1ccc([N+](=O)[O-])cc1. The van der Waals surface area contributed by atoms with Crippen molar-refractivity contribution in [3.05, 3.63) is 39.9 Å². The monoisotopic (exact) mass is 317 g/mol. The van der Waals surface area contributed by atoms with Crippen molar-refractivity contribution in [3.8, 4) is 0 Å². The zero-order chi connectivity index (χ0) is 16.0. The molecule has 1 unspecified atom stereocenters. The third kappa shape index (κ3) is 6.82. The van der Waals surface area contributed by atoms with Gasteiger partial charge < -0.3 is 4.74 Å². The Hall–Kier alpha value is -2.00. The third-order valence-corrected chi connectivity index (χ3v) is 2.98. The largest absolute Gasteiger partial charge is 0.460 e. The Labute approximate surface area is 121 Å². The van der Waals surface area contributed by atoms with Gasteiger partial charge in [-0.25, -0.2) is 0 Å². The van der Waals surface area contributed by atoms with Crippen LogP contribution in [0.4, 0.5) is 5.69 Å². The summed E-state index contributed by atoms with van der Waals surface area (Å²) >= 11 is 0. The molecule has 0 radical (unpaired) electrons. The summed E-state index contributed by atoms with van der Waals surface area (Å²) in [5, 5.41) is 10.5. The smallest absolute Gasteiger partial charge is 0.302 e. The van der Waals surface area contributed by atoms with Crippen LogP contribution in [0.15, 0.2) is 24.3 Å². The molecule has 0 amide bonds. The van der Waals surface area contributed by atoms with E-state index in [2.05, 4.69) is 4.18 Å². The summed E-state index contributed by atoms with van der Waals surface area (Å²) in [6, 6.07) is 5.65. The molecule has 9 heteroatoms. The minimum atomic E-state index is -3.65. The van der Waals surface area contributed by atoms with Crippen LogP contribution in [0.2, 0.25) is 0 Å². The first-order valence-electron chi connectivity index (χ1n) is 5.92.